The van der Waals surface area contributed by atoms with Crippen LogP contribution in [0.5, 0.6) is 5.75 Å². The van der Waals surface area contributed by atoms with Crippen LogP contribution in [0.4, 0.5) is 0 Å². The summed E-state index contributed by atoms with van der Waals surface area (Å²) < 4.78 is 11.1. The van der Waals surface area contributed by atoms with Gasteiger partial charge in [-0.15, -0.1) is 0 Å². The molecule has 0 bridgehead atoms. The highest BCUT2D eigenvalue weighted by atomic mass is 16.5. The van der Waals surface area contributed by atoms with Crippen molar-refractivity contribution in [2.24, 2.45) is 0 Å². The Bertz CT molecular complexity index is 531. The van der Waals surface area contributed by atoms with E-state index in [2.05, 4.69) is 4.90 Å². The molecule has 0 saturated carbocycles. The molecule has 23 heavy (non-hydrogen) atoms. The molecule has 0 aliphatic carbocycles. The van der Waals surface area contributed by atoms with Gasteiger partial charge in [0, 0.05) is 39.1 Å². The monoisotopic (exact) mass is 320 g/mol. The molecule has 1 amide bonds. The van der Waals surface area contributed by atoms with Crippen LogP contribution in [0.1, 0.15) is 18.1 Å². The van der Waals surface area contributed by atoms with E-state index in [9.17, 15) is 9.90 Å². The lowest BCUT2D eigenvalue weighted by molar-refractivity contribution is -0.136. The number of benzene rings is 1. The number of nitrogens with zero attached hydrogens (tertiary/aromatic N) is 2. The molecule has 2 fully saturated rings. The summed E-state index contributed by atoms with van der Waals surface area (Å²) in [6, 6.07) is 7.19. The van der Waals surface area contributed by atoms with Crippen molar-refractivity contribution in [3.05, 3.63) is 29.8 Å². The Labute approximate surface area is 136 Å². The highest BCUT2D eigenvalue weighted by Gasteiger charge is 2.24. The van der Waals surface area contributed by atoms with Crippen LogP contribution >= 0.6 is 0 Å². The molecule has 126 valence electrons. The summed E-state index contributed by atoms with van der Waals surface area (Å²) in [7, 11) is 0. The first-order chi connectivity index (χ1) is 11.2. The number of ether oxygens (including phenoxy) is 2. The van der Waals surface area contributed by atoms with Crippen LogP contribution in [0.3, 0.4) is 0 Å². The minimum absolute atomic E-state index is 0.0469. The lowest BCUT2D eigenvalue weighted by Crippen LogP contribution is -2.44. The lowest BCUT2D eigenvalue weighted by atomic mass is 10.1. The summed E-state index contributed by atoms with van der Waals surface area (Å²) in [4.78, 5) is 16.4. The first-order valence-electron chi connectivity index (χ1n) is 8.21. The molecule has 1 aromatic carbocycles. The molecule has 6 heteroatoms. The van der Waals surface area contributed by atoms with Gasteiger partial charge in [-0.2, -0.15) is 0 Å². The number of carbonyl (C=O) groups excluding carboxylic acids is 1. The Morgan fingerprint density at radius 2 is 2.04 bits per heavy atom. The Balaban J connectivity index is 1.49. The third-order valence-corrected chi connectivity index (χ3v) is 4.40. The van der Waals surface area contributed by atoms with Crippen LogP contribution in [0, 0.1) is 0 Å². The second-order valence-electron chi connectivity index (χ2n) is 6.00. The number of morpholine rings is 2. The maximum Gasteiger partial charge on any atom is 0.224 e. The molecular formula is C17H24N2O4. The molecule has 2 aliphatic heterocycles. The largest absolute Gasteiger partial charge is 0.508 e. The molecule has 6 nitrogen and oxygen atoms in total. The summed E-state index contributed by atoms with van der Waals surface area (Å²) in [5, 5.41) is 9.60. The molecule has 0 spiro atoms. The van der Waals surface area contributed by atoms with Crippen LogP contribution in [-0.2, 0) is 14.3 Å². The SMILES string of the molecule is O=C(CCN1CCOC(c2cccc(O)c2)C1)N1CCOCC1. The van der Waals surface area contributed by atoms with E-state index in [1.807, 2.05) is 17.0 Å². The molecule has 3 rings (SSSR count). The lowest BCUT2D eigenvalue weighted by Gasteiger charge is -2.34. The zero-order valence-corrected chi connectivity index (χ0v) is 13.3. The van der Waals surface area contributed by atoms with Crippen molar-refractivity contribution in [3.8, 4) is 5.75 Å². The van der Waals surface area contributed by atoms with Crippen molar-refractivity contribution in [3.63, 3.8) is 0 Å². The molecular weight excluding hydrogens is 296 g/mol. The van der Waals surface area contributed by atoms with Gasteiger partial charge in [0.05, 0.1) is 25.9 Å². The number of aromatic hydroxyl groups is 1. The Morgan fingerprint density at radius 1 is 1.22 bits per heavy atom. The van der Waals surface area contributed by atoms with Gasteiger partial charge in [0.2, 0.25) is 5.91 Å². The molecule has 1 unspecified atom stereocenters. The molecule has 1 N–H and O–H groups in total. The smallest absolute Gasteiger partial charge is 0.224 e. The predicted molar refractivity (Wildman–Crippen MR) is 85.3 cm³/mol. The van der Waals surface area contributed by atoms with Crippen LogP contribution in [0.2, 0.25) is 0 Å². The van der Waals surface area contributed by atoms with Crippen molar-refractivity contribution in [1.82, 2.24) is 9.80 Å². The molecule has 1 atom stereocenters. The van der Waals surface area contributed by atoms with Gasteiger partial charge in [-0.25, -0.2) is 0 Å². The van der Waals surface area contributed by atoms with Gasteiger partial charge >= 0.3 is 0 Å². The van der Waals surface area contributed by atoms with Crippen LogP contribution in [0.25, 0.3) is 0 Å². The number of hydrogen-bond acceptors (Lipinski definition) is 5. The predicted octanol–water partition coefficient (Wildman–Crippen LogP) is 1.01. The minimum Gasteiger partial charge on any atom is -0.508 e. The highest BCUT2D eigenvalue weighted by Crippen LogP contribution is 2.25. The van der Waals surface area contributed by atoms with Crippen molar-refractivity contribution in [1.29, 1.82) is 0 Å². The van der Waals surface area contributed by atoms with Crippen molar-refractivity contribution >= 4 is 5.91 Å². The summed E-state index contributed by atoms with van der Waals surface area (Å²) >= 11 is 0. The maximum atomic E-state index is 12.2. The molecule has 2 saturated heterocycles. The number of phenols is 1. The molecule has 0 aromatic heterocycles. The van der Waals surface area contributed by atoms with Crippen LogP contribution in [-0.4, -0.2) is 73.4 Å². The highest BCUT2D eigenvalue weighted by molar-refractivity contribution is 5.76. The number of amides is 1. The summed E-state index contributed by atoms with van der Waals surface area (Å²) in [6.07, 6.45) is 0.488. The Kier molecular flexibility index (Phi) is 5.48. The number of hydrogen-bond donors (Lipinski definition) is 1. The van der Waals surface area contributed by atoms with E-state index in [1.54, 1.807) is 12.1 Å². The number of phenolic OH excluding ortho intramolecular Hbond substituents is 1. The maximum absolute atomic E-state index is 12.2. The van der Waals surface area contributed by atoms with Crippen molar-refractivity contribution < 1.29 is 19.4 Å². The first-order valence-corrected chi connectivity index (χ1v) is 8.21. The molecule has 2 heterocycles. The van der Waals surface area contributed by atoms with Gasteiger partial charge in [-0.1, -0.05) is 12.1 Å². The van der Waals surface area contributed by atoms with Crippen LogP contribution < -0.4 is 0 Å². The zero-order valence-electron chi connectivity index (χ0n) is 13.3. The second-order valence-corrected chi connectivity index (χ2v) is 6.00. The minimum atomic E-state index is -0.0469. The number of carbonyl (C=O) groups is 1. The fraction of sp³-hybridized carbons (Fsp3) is 0.588. The summed E-state index contributed by atoms with van der Waals surface area (Å²) in [5.74, 6) is 0.458. The van der Waals surface area contributed by atoms with Gasteiger partial charge in [0.1, 0.15) is 5.75 Å². The standard InChI is InChI=1S/C17H24N2O4/c20-15-3-1-2-14(12-15)16-13-18(6-11-23-16)5-4-17(21)19-7-9-22-10-8-19/h1-3,12,16,20H,4-11,13H2. The number of rotatable bonds is 4. The van der Waals surface area contributed by atoms with E-state index in [0.717, 1.165) is 25.2 Å². The average Bonchev–Trinajstić information content (AvgIpc) is 2.61. The quantitative estimate of drug-likeness (QED) is 0.897. The third kappa shape index (κ3) is 4.43. The Morgan fingerprint density at radius 3 is 2.83 bits per heavy atom. The van der Waals surface area contributed by atoms with Gasteiger partial charge in [0.25, 0.3) is 0 Å². The third-order valence-electron chi connectivity index (χ3n) is 4.40. The van der Waals surface area contributed by atoms with Gasteiger partial charge in [-0.3, -0.25) is 9.69 Å². The van der Waals surface area contributed by atoms with Gasteiger partial charge < -0.3 is 19.5 Å². The van der Waals surface area contributed by atoms with E-state index in [-0.39, 0.29) is 17.8 Å². The fourth-order valence-corrected chi connectivity index (χ4v) is 3.06. The van der Waals surface area contributed by atoms with E-state index in [0.29, 0.717) is 39.3 Å². The summed E-state index contributed by atoms with van der Waals surface area (Å²) in [6.45, 7) is 5.67. The van der Waals surface area contributed by atoms with E-state index >= 15 is 0 Å². The Hall–Kier alpha value is -1.63. The zero-order chi connectivity index (χ0) is 16.1. The topological polar surface area (TPSA) is 62.2 Å². The molecule has 2 aliphatic rings. The van der Waals surface area contributed by atoms with E-state index < -0.39 is 0 Å². The fourth-order valence-electron chi connectivity index (χ4n) is 3.06. The van der Waals surface area contributed by atoms with E-state index in [4.69, 9.17) is 9.47 Å². The second kappa shape index (κ2) is 7.77. The molecule has 0 radical (unpaired) electrons. The van der Waals surface area contributed by atoms with Crippen molar-refractivity contribution in [2.75, 3.05) is 52.5 Å². The van der Waals surface area contributed by atoms with Crippen LogP contribution in [0.15, 0.2) is 24.3 Å². The first kappa shape index (κ1) is 16.2. The normalized spacial score (nSPS) is 23.0. The van der Waals surface area contributed by atoms with E-state index in [1.165, 1.54) is 0 Å². The average molecular weight is 320 g/mol. The summed E-state index contributed by atoms with van der Waals surface area (Å²) in [5.41, 5.74) is 0.981. The van der Waals surface area contributed by atoms with Gasteiger partial charge in [-0.05, 0) is 17.7 Å². The van der Waals surface area contributed by atoms with Crippen molar-refractivity contribution in [2.45, 2.75) is 12.5 Å². The van der Waals surface area contributed by atoms with Gasteiger partial charge in [0.15, 0.2) is 0 Å². The molecule has 1 aromatic rings.